The predicted octanol–water partition coefficient (Wildman–Crippen LogP) is 2.23. The van der Waals surface area contributed by atoms with Crippen molar-refractivity contribution in [3.05, 3.63) is 34.9 Å². The normalized spacial score (nSPS) is 20.2. The maximum Gasteiger partial charge on any atom is 0.176 e. The van der Waals surface area contributed by atoms with E-state index in [1.165, 1.54) is 0 Å². The summed E-state index contributed by atoms with van der Waals surface area (Å²) in [6.45, 7) is 2.57. The van der Waals surface area contributed by atoms with E-state index in [0.717, 1.165) is 25.9 Å². The van der Waals surface area contributed by atoms with E-state index in [-0.39, 0.29) is 12.4 Å². The Morgan fingerprint density at radius 2 is 2.11 bits per heavy atom. The first-order chi connectivity index (χ1) is 8.69. The van der Waals surface area contributed by atoms with Gasteiger partial charge in [-0.2, -0.15) is 0 Å². The van der Waals surface area contributed by atoms with Crippen molar-refractivity contribution in [1.29, 1.82) is 0 Å². The molecule has 0 saturated carbocycles. The van der Waals surface area contributed by atoms with Crippen molar-refractivity contribution in [2.24, 2.45) is 5.92 Å². The Labute approximate surface area is 112 Å². The second kappa shape index (κ2) is 6.32. The molecule has 0 aromatic heterocycles. The Morgan fingerprint density at radius 3 is 2.78 bits per heavy atom. The molecule has 1 heterocycles. The number of aliphatic hydroxyl groups excluding tert-OH is 1. The first-order valence-electron chi connectivity index (χ1n) is 6.31. The summed E-state index contributed by atoms with van der Waals surface area (Å²) in [5.41, 5.74) is 0.713. The molecule has 1 aliphatic rings. The van der Waals surface area contributed by atoms with E-state index in [2.05, 4.69) is 4.90 Å². The van der Waals surface area contributed by atoms with Crippen molar-refractivity contribution in [3.8, 4) is 0 Å². The highest BCUT2D eigenvalue weighted by Crippen LogP contribution is 2.19. The highest BCUT2D eigenvalue weighted by molar-refractivity contribution is 6.30. The predicted molar refractivity (Wildman–Crippen MR) is 72.0 cm³/mol. The van der Waals surface area contributed by atoms with E-state index in [1.807, 2.05) is 0 Å². The van der Waals surface area contributed by atoms with Crippen LogP contribution in [0.2, 0.25) is 5.02 Å². The van der Waals surface area contributed by atoms with Gasteiger partial charge in [0.2, 0.25) is 0 Å². The molecule has 98 valence electrons. The first-order valence-corrected chi connectivity index (χ1v) is 6.69. The number of likely N-dealkylation sites (tertiary alicyclic amines) is 1. The van der Waals surface area contributed by atoms with Crippen LogP contribution in [0.15, 0.2) is 24.3 Å². The average molecular weight is 268 g/mol. The van der Waals surface area contributed by atoms with Crippen LogP contribution in [0.3, 0.4) is 0 Å². The smallest absolute Gasteiger partial charge is 0.176 e. The number of rotatable bonds is 5. The van der Waals surface area contributed by atoms with Crippen molar-refractivity contribution >= 4 is 17.4 Å². The van der Waals surface area contributed by atoms with E-state index in [9.17, 15) is 4.79 Å². The van der Waals surface area contributed by atoms with Crippen molar-refractivity contribution in [2.45, 2.75) is 12.8 Å². The molecular formula is C14H18ClNO2. The van der Waals surface area contributed by atoms with E-state index in [4.69, 9.17) is 16.7 Å². The molecule has 2 rings (SSSR count). The Bertz CT molecular complexity index is 405. The second-order valence-electron chi connectivity index (χ2n) is 4.83. The Kier molecular flexibility index (Phi) is 4.75. The lowest BCUT2D eigenvalue weighted by Crippen LogP contribution is -2.28. The summed E-state index contributed by atoms with van der Waals surface area (Å²) >= 11 is 5.80. The van der Waals surface area contributed by atoms with Crippen molar-refractivity contribution in [1.82, 2.24) is 4.90 Å². The average Bonchev–Trinajstić information content (AvgIpc) is 2.78. The molecule has 4 heteroatoms. The fourth-order valence-electron chi connectivity index (χ4n) is 2.40. The zero-order valence-electron chi connectivity index (χ0n) is 10.3. The third-order valence-corrected chi connectivity index (χ3v) is 3.69. The van der Waals surface area contributed by atoms with Crippen LogP contribution in [0.4, 0.5) is 0 Å². The molecule has 1 N–H and O–H groups in total. The van der Waals surface area contributed by atoms with Gasteiger partial charge < -0.3 is 5.11 Å². The number of benzene rings is 1. The summed E-state index contributed by atoms with van der Waals surface area (Å²) in [5, 5.41) is 9.55. The lowest BCUT2D eigenvalue weighted by molar-refractivity contribution is 0.0942. The van der Waals surface area contributed by atoms with Gasteiger partial charge in [0, 0.05) is 23.7 Å². The van der Waals surface area contributed by atoms with Crippen molar-refractivity contribution in [2.75, 3.05) is 26.2 Å². The third-order valence-electron chi connectivity index (χ3n) is 3.44. The van der Waals surface area contributed by atoms with E-state index in [0.29, 0.717) is 23.0 Å². The lowest BCUT2D eigenvalue weighted by Gasteiger charge is -2.14. The lowest BCUT2D eigenvalue weighted by atomic mass is 10.1. The fraction of sp³-hybridized carbons (Fsp3) is 0.500. The van der Waals surface area contributed by atoms with Crippen LogP contribution < -0.4 is 0 Å². The molecule has 3 nitrogen and oxygen atoms in total. The Hall–Kier alpha value is -0.900. The summed E-state index contributed by atoms with van der Waals surface area (Å²) < 4.78 is 0. The molecule has 0 aliphatic carbocycles. The standard InChI is InChI=1S/C14H18ClNO2/c15-13-3-1-12(2-4-13)14(18)10-16-7-5-11(9-16)6-8-17/h1-4,11,17H,5-10H2. The molecule has 0 amide bonds. The molecule has 1 saturated heterocycles. The number of carbonyl (C=O) groups excluding carboxylic acids is 1. The maximum absolute atomic E-state index is 12.0. The monoisotopic (exact) mass is 267 g/mol. The molecule has 0 bridgehead atoms. The largest absolute Gasteiger partial charge is 0.396 e. The van der Waals surface area contributed by atoms with Gasteiger partial charge in [-0.1, -0.05) is 11.6 Å². The molecule has 1 unspecified atom stereocenters. The van der Waals surface area contributed by atoms with Gasteiger partial charge in [-0.3, -0.25) is 9.69 Å². The summed E-state index contributed by atoms with van der Waals surface area (Å²) in [7, 11) is 0. The highest BCUT2D eigenvalue weighted by atomic mass is 35.5. The molecule has 1 aliphatic heterocycles. The van der Waals surface area contributed by atoms with E-state index >= 15 is 0 Å². The molecule has 1 aromatic rings. The van der Waals surface area contributed by atoms with Crippen LogP contribution in [-0.2, 0) is 0 Å². The molecule has 0 spiro atoms. The third kappa shape index (κ3) is 3.55. The molecule has 1 atom stereocenters. The SMILES string of the molecule is O=C(CN1CCC(CCO)C1)c1ccc(Cl)cc1. The number of Topliss-reactive ketones (excluding diaryl/α,β-unsaturated/α-hetero) is 1. The van der Waals surface area contributed by atoms with Crippen LogP contribution in [0.1, 0.15) is 23.2 Å². The number of ketones is 1. The van der Waals surface area contributed by atoms with E-state index in [1.54, 1.807) is 24.3 Å². The quantitative estimate of drug-likeness (QED) is 0.832. The van der Waals surface area contributed by atoms with Crippen LogP contribution in [0, 0.1) is 5.92 Å². The van der Waals surface area contributed by atoms with Crippen LogP contribution >= 0.6 is 11.6 Å². The highest BCUT2D eigenvalue weighted by Gasteiger charge is 2.23. The minimum absolute atomic E-state index is 0.135. The molecular weight excluding hydrogens is 250 g/mol. The zero-order chi connectivity index (χ0) is 13.0. The second-order valence-corrected chi connectivity index (χ2v) is 5.27. The minimum atomic E-state index is 0.135. The van der Waals surface area contributed by atoms with Gasteiger partial charge in [0.25, 0.3) is 0 Å². The number of hydrogen-bond acceptors (Lipinski definition) is 3. The molecule has 1 fully saturated rings. The summed E-state index contributed by atoms with van der Waals surface area (Å²) in [6.07, 6.45) is 1.92. The summed E-state index contributed by atoms with van der Waals surface area (Å²) in [5.74, 6) is 0.671. The van der Waals surface area contributed by atoms with Crippen LogP contribution in [0.5, 0.6) is 0 Å². The zero-order valence-corrected chi connectivity index (χ0v) is 11.1. The van der Waals surface area contributed by atoms with Crippen molar-refractivity contribution in [3.63, 3.8) is 0 Å². The number of halogens is 1. The molecule has 1 aromatic carbocycles. The van der Waals surface area contributed by atoms with Gasteiger partial charge in [-0.05, 0) is 49.6 Å². The summed E-state index contributed by atoms with van der Waals surface area (Å²) in [6, 6.07) is 7.03. The van der Waals surface area contributed by atoms with Gasteiger partial charge >= 0.3 is 0 Å². The molecule has 18 heavy (non-hydrogen) atoms. The Balaban J connectivity index is 1.87. The minimum Gasteiger partial charge on any atom is -0.396 e. The fourth-order valence-corrected chi connectivity index (χ4v) is 2.53. The number of hydrogen-bond donors (Lipinski definition) is 1. The van der Waals surface area contributed by atoms with Gasteiger partial charge in [-0.15, -0.1) is 0 Å². The van der Waals surface area contributed by atoms with Gasteiger partial charge in [-0.25, -0.2) is 0 Å². The molecule has 0 radical (unpaired) electrons. The van der Waals surface area contributed by atoms with Gasteiger partial charge in [0.15, 0.2) is 5.78 Å². The number of aliphatic hydroxyl groups is 1. The van der Waals surface area contributed by atoms with E-state index < -0.39 is 0 Å². The van der Waals surface area contributed by atoms with Crippen molar-refractivity contribution < 1.29 is 9.90 Å². The topological polar surface area (TPSA) is 40.5 Å². The van der Waals surface area contributed by atoms with Gasteiger partial charge in [0.1, 0.15) is 0 Å². The first kappa shape index (κ1) is 13.5. The number of nitrogens with zero attached hydrogens (tertiary/aromatic N) is 1. The maximum atomic E-state index is 12.0. The Morgan fingerprint density at radius 1 is 1.39 bits per heavy atom. The van der Waals surface area contributed by atoms with Crippen LogP contribution in [0.25, 0.3) is 0 Å². The summed E-state index contributed by atoms with van der Waals surface area (Å²) in [4.78, 5) is 14.2. The number of carbonyl (C=O) groups is 1. The van der Waals surface area contributed by atoms with Gasteiger partial charge in [0.05, 0.1) is 6.54 Å². The van der Waals surface area contributed by atoms with Crippen LogP contribution in [-0.4, -0.2) is 42.0 Å².